The van der Waals surface area contributed by atoms with Gasteiger partial charge < -0.3 is 21.7 Å². The zero-order valence-corrected chi connectivity index (χ0v) is 11.8. The Labute approximate surface area is 120 Å². The molecule has 1 heterocycles. The lowest BCUT2D eigenvalue weighted by Gasteiger charge is -2.04. The zero-order chi connectivity index (χ0) is 14.1. The van der Waals surface area contributed by atoms with Crippen molar-refractivity contribution in [2.24, 2.45) is 0 Å². The van der Waals surface area contributed by atoms with Gasteiger partial charge in [0.1, 0.15) is 10.7 Å². The van der Waals surface area contributed by atoms with Gasteiger partial charge in [-0.05, 0) is 25.7 Å². The summed E-state index contributed by atoms with van der Waals surface area (Å²) in [7, 11) is 0. The summed E-state index contributed by atoms with van der Waals surface area (Å²) in [6, 6.07) is 0.753. The van der Waals surface area contributed by atoms with E-state index in [1.165, 1.54) is 11.3 Å². The van der Waals surface area contributed by atoms with Crippen LogP contribution in [0, 0.1) is 0 Å². The standard InChI is InChI=1S/C12H17N5O2S/c13-10-9(20-12(17-10)16-7-3-4-7)11(19)14-5-8(18)15-6-1-2-6/h6-7H,1-5,13H2,(H,14,19)(H,15,18)(H,16,17). The van der Waals surface area contributed by atoms with Crippen molar-refractivity contribution in [2.45, 2.75) is 37.8 Å². The molecule has 2 saturated carbocycles. The first-order valence-corrected chi connectivity index (χ1v) is 7.54. The summed E-state index contributed by atoms with van der Waals surface area (Å²) in [5.41, 5.74) is 5.73. The second-order valence-corrected chi connectivity index (χ2v) is 6.18. The van der Waals surface area contributed by atoms with Crippen LogP contribution < -0.4 is 21.7 Å². The second-order valence-electron chi connectivity index (χ2n) is 5.18. The number of hydrogen-bond donors (Lipinski definition) is 4. The molecule has 5 N–H and O–H groups in total. The van der Waals surface area contributed by atoms with Crippen LogP contribution >= 0.6 is 11.3 Å². The predicted molar refractivity (Wildman–Crippen MR) is 76.7 cm³/mol. The lowest BCUT2D eigenvalue weighted by molar-refractivity contribution is -0.120. The first-order chi connectivity index (χ1) is 9.61. The second kappa shape index (κ2) is 5.28. The van der Waals surface area contributed by atoms with E-state index in [-0.39, 0.29) is 24.2 Å². The fourth-order valence-electron chi connectivity index (χ4n) is 1.71. The van der Waals surface area contributed by atoms with Crippen molar-refractivity contribution in [1.82, 2.24) is 15.6 Å². The van der Waals surface area contributed by atoms with E-state index >= 15 is 0 Å². The number of anilines is 2. The Morgan fingerprint density at radius 2 is 1.95 bits per heavy atom. The van der Waals surface area contributed by atoms with Gasteiger partial charge in [0.25, 0.3) is 5.91 Å². The first-order valence-electron chi connectivity index (χ1n) is 6.72. The van der Waals surface area contributed by atoms with Crippen LogP contribution in [0.1, 0.15) is 35.4 Å². The van der Waals surface area contributed by atoms with Gasteiger partial charge in [0.2, 0.25) is 5.91 Å². The number of carbonyl (C=O) groups is 2. The lowest BCUT2D eigenvalue weighted by Crippen LogP contribution is -2.37. The highest BCUT2D eigenvalue weighted by atomic mass is 32.1. The molecule has 0 radical (unpaired) electrons. The van der Waals surface area contributed by atoms with E-state index in [4.69, 9.17) is 5.73 Å². The largest absolute Gasteiger partial charge is 0.382 e. The fourth-order valence-corrected chi connectivity index (χ4v) is 2.58. The molecular weight excluding hydrogens is 278 g/mol. The number of aromatic nitrogens is 1. The number of amides is 2. The van der Waals surface area contributed by atoms with Gasteiger partial charge in [0.05, 0.1) is 6.54 Å². The minimum absolute atomic E-state index is 0.0297. The molecule has 0 bridgehead atoms. The van der Waals surface area contributed by atoms with E-state index in [1.807, 2.05) is 0 Å². The summed E-state index contributed by atoms with van der Waals surface area (Å²) in [5, 5.41) is 9.24. The summed E-state index contributed by atoms with van der Waals surface area (Å²) < 4.78 is 0. The molecule has 8 heteroatoms. The van der Waals surface area contributed by atoms with Gasteiger partial charge in [-0.15, -0.1) is 0 Å². The highest BCUT2D eigenvalue weighted by Gasteiger charge is 2.25. The molecule has 3 rings (SSSR count). The topological polar surface area (TPSA) is 109 Å². The molecule has 0 saturated heterocycles. The molecule has 7 nitrogen and oxygen atoms in total. The van der Waals surface area contributed by atoms with E-state index < -0.39 is 0 Å². The minimum atomic E-state index is -0.352. The first kappa shape index (κ1) is 13.2. The molecular formula is C12H17N5O2S. The van der Waals surface area contributed by atoms with Crippen molar-refractivity contribution in [2.75, 3.05) is 17.6 Å². The number of carbonyl (C=O) groups excluding carboxylic acids is 2. The van der Waals surface area contributed by atoms with Crippen LogP contribution in [0.5, 0.6) is 0 Å². The van der Waals surface area contributed by atoms with Gasteiger partial charge in [-0.3, -0.25) is 9.59 Å². The van der Waals surface area contributed by atoms with Crippen LogP contribution in [0.25, 0.3) is 0 Å². The Balaban J connectivity index is 1.52. The molecule has 0 aliphatic heterocycles. The monoisotopic (exact) mass is 295 g/mol. The maximum absolute atomic E-state index is 12.0. The molecule has 2 aliphatic rings. The Morgan fingerprint density at radius 3 is 2.60 bits per heavy atom. The number of nitrogens with zero attached hydrogens (tertiary/aromatic N) is 1. The SMILES string of the molecule is Nc1nc(NC2CC2)sc1C(=O)NCC(=O)NC1CC1. The normalized spacial score (nSPS) is 17.6. The summed E-state index contributed by atoms with van der Waals surface area (Å²) >= 11 is 1.22. The number of nitrogens with one attached hydrogen (secondary N) is 3. The Kier molecular flexibility index (Phi) is 3.47. The van der Waals surface area contributed by atoms with Gasteiger partial charge >= 0.3 is 0 Å². The number of nitrogens with two attached hydrogens (primary N) is 1. The third-order valence-corrected chi connectivity index (χ3v) is 4.12. The molecule has 0 unspecified atom stereocenters. The van der Waals surface area contributed by atoms with Crippen LogP contribution in [-0.4, -0.2) is 35.4 Å². The number of thiazole rings is 1. The number of hydrogen-bond acceptors (Lipinski definition) is 6. The van der Waals surface area contributed by atoms with Gasteiger partial charge in [-0.25, -0.2) is 4.98 Å². The molecule has 2 amide bonds. The van der Waals surface area contributed by atoms with E-state index in [0.29, 0.717) is 22.1 Å². The van der Waals surface area contributed by atoms with Crippen LogP contribution in [0.4, 0.5) is 10.9 Å². The van der Waals surface area contributed by atoms with Crippen molar-refractivity contribution >= 4 is 34.1 Å². The fraction of sp³-hybridized carbons (Fsp3) is 0.583. The number of nitrogen functional groups attached to an aromatic ring is 1. The van der Waals surface area contributed by atoms with Crippen LogP contribution in [-0.2, 0) is 4.79 Å². The molecule has 1 aromatic heterocycles. The van der Waals surface area contributed by atoms with E-state index in [2.05, 4.69) is 20.9 Å². The molecule has 20 heavy (non-hydrogen) atoms. The van der Waals surface area contributed by atoms with Crippen LogP contribution in [0.15, 0.2) is 0 Å². The Morgan fingerprint density at radius 1 is 1.25 bits per heavy atom. The van der Waals surface area contributed by atoms with E-state index in [0.717, 1.165) is 25.7 Å². The highest BCUT2D eigenvalue weighted by Crippen LogP contribution is 2.30. The molecule has 0 atom stereocenters. The molecule has 2 aliphatic carbocycles. The van der Waals surface area contributed by atoms with Gasteiger partial charge in [-0.2, -0.15) is 0 Å². The summed E-state index contributed by atoms with van der Waals surface area (Å²) in [6.45, 7) is -0.0297. The lowest BCUT2D eigenvalue weighted by atomic mass is 10.4. The third-order valence-electron chi connectivity index (χ3n) is 3.12. The summed E-state index contributed by atoms with van der Waals surface area (Å²) in [4.78, 5) is 27.9. The number of rotatable bonds is 6. The molecule has 0 aromatic carbocycles. The van der Waals surface area contributed by atoms with Crippen molar-refractivity contribution in [3.8, 4) is 0 Å². The average Bonchev–Trinajstić information content (AvgIpc) is 3.30. The van der Waals surface area contributed by atoms with Crippen LogP contribution in [0.3, 0.4) is 0 Å². The minimum Gasteiger partial charge on any atom is -0.382 e. The van der Waals surface area contributed by atoms with Crippen molar-refractivity contribution in [3.63, 3.8) is 0 Å². The maximum Gasteiger partial charge on any atom is 0.265 e. The Hall–Kier alpha value is -1.83. The van der Waals surface area contributed by atoms with Crippen molar-refractivity contribution < 1.29 is 9.59 Å². The molecule has 108 valence electrons. The molecule has 1 aromatic rings. The van der Waals surface area contributed by atoms with Gasteiger partial charge in [-0.1, -0.05) is 11.3 Å². The van der Waals surface area contributed by atoms with Crippen molar-refractivity contribution in [1.29, 1.82) is 0 Å². The predicted octanol–water partition coefficient (Wildman–Crippen LogP) is 0.308. The van der Waals surface area contributed by atoms with E-state index in [1.54, 1.807) is 0 Å². The smallest absolute Gasteiger partial charge is 0.265 e. The zero-order valence-electron chi connectivity index (χ0n) is 10.9. The van der Waals surface area contributed by atoms with E-state index in [9.17, 15) is 9.59 Å². The molecule has 0 spiro atoms. The summed E-state index contributed by atoms with van der Waals surface area (Å²) in [6.07, 6.45) is 4.31. The van der Waals surface area contributed by atoms with Crippen molar-refractivity contribution in [3.05, 3.63) is 4.88 Å². The Bertz CT molecular complexity index is 536. The maximum atomic E-state index is 12.0. The van der Waals surface area contributed by atoms with Gasteiger partial charge in [0.15, 0.2) is 5.13 Å². The van der Waals surface area contributed by atoms with Crippen LogP contribution in [0.2, 0.25) is 0 Å². The molecule has 2 fully saturated rings. The highest BCUT2D eigenvalue weighted by molar-refractivity contribution is 7.18. The quantitative estimate of drug-likeness (QED) is 0.604. The average molecular weight is 295 g/mol. The third kappa shape index (κ3) is 3.38. The van der Waals surface area contributed by atoms with Gasteiger partial charge in [0, 0.05) is 12.1 Å². The summed E-state index contributed by atoms with van der Waals surface area (Å²) in [5.74, 6) is -0.312.